The summed E-state index contributed by atoms with van der Waals surface area (Å²) in [5.74, 6) is -2.51. The lowest BCUT2D eigenvalue weighted by Gasteiger charge is -1.74. The van der Waals surface area contributed by atoms with Crippen LogP contribution in [0.2, 0.25) is 0 Å². The molecule has 0 unspecified atom stereocenters. The van der Waals surface area contributed by atoms with E-state index in [0.29, 0.717) is 12.2 Å². The summed E-state index contributed by atoms with van der Waals surface area (Å²) in [5.41, 5.74) is 0. The molecule has 0 amide bonds. The van der Waals surface area contributed by atoms with E-state index >= 15 is 0 Å². The maximum Gasteiger partial charge on any atom is 0.328 e. The third-order valence-electron chi connectivity index (χ3n) is 0.368. The molecule has 0 radical (unpaired) electrons. The van der Waals surface area contributed by atoms with E-state index in [-0.39, 0.29) is 0 Å². The number of hydrogen-bond donors (Lipinski definition) is 2. The minimum absolute atomic E-state index is 0.558. The second-order valence-corrected chi connectivity index (χ2v) is 3.24. The van der Waals surface area contributed by atoms with Gasteiger partial charge in [-0.15, -0.1) is 0 Å². The van der Waals surface area contributed by atoms with Gasteiger partial charge < -0.3 is 10.2 Å². The first-order valence-electron chi connectivity index (χ1n) is 2.42. The van der Waals surface area contributed by atoms with Gasteiger partial charge in [0.2, 0.25) is 0 Å². The lowest BCUT2D eigenvalue weighted by atomic mass is 10.5. The van der Waals surface area contributed by atoms with Crippen LogP contribution in [0.4, 0.5) is 0 Å². The largest absolute Gasteiger partial charge is 0.478 e. The number of carbonyl (C=O) groups is 2. The predicted molar refractivity (Wildman–Crippen MR) is 45.8 cm³/mol. The predicted octanol–water partition coefficient (Wildman–Crippen LogP) is 1.70. The fraction of sp³-hybridized carbons (Fsp3) is 0.200. The molecule has 0 bridgehead atoms. The second-order valence-electron chi connectivity index (χ2n) is 1.26. The van der Waals surface area contributed by atoms with Crippen LogP contribution in [0.25, 0.3) is 0 Å². The topological polar surface area (TPSA) is 74.6 Å². The average molecular weight is 235 g/mol. The SMILES string of the molecule is ClC(Cl)Cl.O=C(O)C=CC(=O)O. The van der Waals surface area contributed by atoms with Crippen molar-refractivity contribution < 1.29 is 19.8 Å². The molecule has 0 heterocycles. The third-order valence-corrected chi connectivity index (χ3v) is 0.368. The van der Waals surface area contributed by atoms with E-state index in [1.165, 1.54) is 0 Å². The van der Waals surface area contributed by atoms with Crippen LogP contribution in [0.5, 0.6) is 0 Å². The van der Waals surface area contributed by atoms with Crippen LogP contribution in [0.3, 0.4) is 0 Å². The molecule has 0 fully saturated rings. The molecule has 0 aliphatic carbocycles. The number of hydrogen-bond acceptors (Lipinski definition) is 2. The summed E-state index contributed by atoms with van der Waals surface area (Å²) >= 11 is 14.4. The van der Waals surface area contributed by atoms with Crippen LogP contribution >= 0.6 is 34.8 Å². The van der Waals surface area contributed by atoms with Gasteiger partial charge in [0.25, 0.3) is 0 Å². The molecule has 0 aliphatic rings. The molecule has 0 spiro atoms. The molecule has 0 aromatic carbocycles. The van der Waals surface area contributed by atoms with Crippen molar-refractivity contribution in [3.05, 3.63) is 12.2 Å². The van der Waals surface area contributed by atoms with E-state index in [2.05, 4.69) is 0 Å². The molecule has 0 aromatic rings. The molecule has 0 aliphatic heterocycles. The molecule has 0 atom stereocenters. The minimum Gasteiger partial charge on any atom is -0.478 e. The van der Waals surface area contributed by atoms with E-state index in [4.69, 9.17) is 45.0 Å². The molecule has 0 saturated heterocycles. The van der Waals surface area contributed by atoms with Crippen LogP contribution in [0.15, 0.2) is 12.2 Å². The first-order chi connectivity index (χ1) is 5.36. The van der Waals surface area contributed by atoms with Gasteiger partial charge in [-0.2, -0.15) is 0 Å². The monoisotopic (exact) mass is 234 g/mol. The Hall–Kier alpha value is -0.450. The highest BCUT2D eigenvalue weighted by molar-refractivity contribution is 6.63. The molecular weight excluding hydrogens is 230 g/mol. The molecule has 70 valence electrons. The smallest absolute Gasteiger partial charge is 0.328 e. The highest BCUT2D eigenvalue weighted by Crippen LogP contribution is 2.03. The quantitative estimate of drug-likeness (QED) is 0.564. The number of aliphatic carboxylic acids is 2. The van der Waals surface area contributed by atoms with Gasteiger partial charge >= 0.3 is 11.9 Å². The Kier molecular flexibility index (Phi) is 10.2. The highest BCUT2D eigenvalue weighted by atomic mass is 35.6. The van der Waals surface area contributed by atoms with E-state index in [9.17, 15) is 9.59 Å². The van der Waals surface area contributed by atoms with Crippen LogP contribution < -0.4 is 0 Å². The Morgan fingerprint density at radius 2 is 1.17 bits per heavy atom. The van der Waals surface area contributed by atoms with Gasteiger partial charge in [0.05, 0.1) is 0 Å². The summed E-state index contributed by atoms with van der Waals surface area (Å²) < 4.78 is -0.750. The molecule has 0 aromatic heterocycles. The number of halogens is 3. The summed E-state index contributed by atoms with van der Waals surface area (Å²) in [5, 5.41) is 15.6. The summed E-state index contributed by atoms with van der Waals surface area (Å²) in [7, 11) is 0. The van der Waals surface area contributed by atoms with Gasteiger partial charge in [-0.1, -0.05) is 34.8 Å². The zero-order valence-corrected chi connectivity index (χ0v) is 7.84. The molecule has 12 heavy (non-hydrogen) atoms. The lowest BCUT2D eigenvalue weighted by molar-refractivity contribution is -0.134. The zero-order valence-electron chi connectivity index (χ0n) is 5.58. The van der Waals surface area contributed by atoms with E-state index in [1.807, 2.05) is 0 Å². The first kappa shape index (κ1) is 14.1. The Morgan fingerprint density at radius 3 is 1.25 bits per heavy atom. The molecule has 0 rings (SSSR count). The van der Waals surface area contributed by atoms with Gasteiger partial charge in [-0.05, 0) is 0 Å². The van der Waals surface area contributed by atoms with Crippen LogP contribution in [-0.4, -0.2) is 26.4 Å². The molecular formula is C5H5Cl3O4. The average Bonchev–Trinajstić information content (AvgIpc) is 1.82. The fourth-order valence-electron chi connectivity index (χ4n) is 0.143. The Labute approximate surface area is 83.3 Å². The third kappa shape index (κ3) is 33.7. The van der Waals surface area contributed by atoms with E-state index < -0.39 is 16.2 Å². The van der Waals surface area contributed by atoms with Crippen molar-refractivity contribution in [2.45, 2.75) is 4.30 Å². The number of carboxylic acids is 2. The lowest BCUT2D eigenvalue weighted by Crippen LogP contribution is -1.91. The summed E-state index contributed by atoms with van der Waals surface area (Å²) in [6.45, 7) is 0. The van der Waals surface area contributed by atoms with Gasteiger partial charge in [-0.3, -0.25) is 0 Å². The van der Waals surface area contributed by atoms with Crippen molar-refractivity contribution in [1.82, 2.24) is 0 Å². The highest BCUT2D eigenvalue weighted by Gasteiger charge is 1.88. The van der Waals surface area contributed by atoms with Crippen molar-refractivity contribution in [3.63, 3.8) is 0 Å². The number of carboxylic acid groups (broad SMARTS) is 2. The first-order valence-corrected chi connectivity index (χ1v) is 3.73. The molecule has 2 N–H and O–H groups in total. The Balaban J connectivity index is 0. The van der Waals surface area contributed by atoms with Crippen molar-refractivity contribution in [1.29, 1.82) is 0 Å². The van der Waals surface area contributed by atoms with Crippen molar-refractivity contribution in [2.24, 2.45) is 0 Å². The molecule has 7 heteroatoms. The Morgan fingerprint density at radius 1 is 1.00 bits per heavy atom. The van der Waals surface area contributed by atoms with Crippen LogP contribution in [-0.2, 0) is 9.59 Å². The maximum atomic E-state index is 9.55. The van der Waals surface area contributed by atoms with Crippen LogP contribution in [0, 0.1) is 0 Å². The maximum absolute atomic E-state index is 9.55. The van der Waals surface area contributed by atoms with E-state index in [0.717, 1.165) is 0 Å². The minimum atomic E-state index is -1.26. The molecule has 0 saturated carbocycles. The van der Waals surface area contributed by atoms with E-state index in [1.54, 1.807) is 0 Å². The number of alkyl halides is 3. The fourth-order valence-corrected chi connectivity index (χ4v) is 0.143. The van der Waals surface area contributed by atoms with Gasteiger partial charge in [0, 0.05) is 12.2 Å². The van der Waals surface area contributed by atoms with Gasteiger partial charge in [0.15, 0.2) is 4.30 Å². The standard InChI is InChI=1S/C4H4O4.CHCl3/c5-3(6)1-2-4(7)8;2-1(3)4/h1-2H,(H,5,6)(H,7,8);1H. The second kappa shape index (κ2) is 8.64. The van der Waals surface area contributed by atoms with Crippen LogP contribution in [0.1, 0.15) is 0 Å². The van der Waals surface area contributed by atoms with Crippen molar-refractivity contribution in [2.75, 3.05) is 0 Å². The normalized spacial score (nSPS) is 9.33. The van der Waals surface area contributed by atoms with Gasteiger partial charge in [0.1, 0.15) is 0 Å². The summed E-state index contributed by atoms with van der Waals surface area (Å²) in [6, 6.07) is 0. The Bertz CT molecular complexity index is 159. The van der Waals surface area contributed by atoms with Crippen molar-refractivity contribution >= 4 is 46.7 Å². The van der Waals surface area contributed by atoms with Gasteiger partial charge in [-0.25, -0.2) is 9.59 Å². The summed E-state index contributed by atoms with van der Waals surface area (Å²) in [6.07, 6.45) is 1.12. The number of rotatable bonds is 2. The van der Waals surface area contributed by atoms with Crippen molar-refractivity contribution in [3.8, 4) is 0 Å². The summed E-state index contributed by atoms with van der Waals surface area (Å²) in [4.78, 5) is 19.1. The zero-order chi connectivity index (χ0) is 10.1. The molecule has 4 nitrogen and oxygen atoms in total.